The van der Waals surface area contributed by atoms with Gasteiger partial charge in [0.05, 0.1) is 30.3 Å². The fourth-order valence-corrected chi connectivity index (χ4v) is 8.75. The summed E-state index contributed by atoms with van der Waals surface area (Å²) in [6.45, 7) is 0.993. The van der Waals surface area contributed by atoms with Gasteiger partial charge in [-0.25, -0.2) is 0 Å². The summed E-state index contributed by atoms with van der Waals surface area (Å²) in [6, 6.07) is 16.1. The molecule has 6 atom stereocenters. The van der Waals surface area contributed by atoms with E-state index in [0.717, 1.165) is 11.1 Å². The number of phenols is 1. The largest absolute Gasteiger partial charge is 0.507 e. The van der Waals surface area contributed by atoms with Crippen molar-refractivity contribution in [3.63, 3.8) is 0 Å². The van der Waals surface area contributed by atoms with Gasteiger partial charge in [0.2, 0.25) is 5.91 Å². The molecule has 0 heterocycles. The van der Waals surface area contributed by atoms with E-state index in [-0.39, 0.29) is 12.0 Å². The number of rotatable bonds is 8. The molecule has 6 rings (SSSR count). The minimum atomic E-state index is -2.82. The van der Waals surface area contributed by atoms with Gasteiger partial charge in [-0.05, 0) is 79.5 Å². The van der Waals surface area contributed by atoms with Crippen LogP contribution in [0.4, 0.5) is 0 Å². The van der Waals surface area contributed by atoms with E-state index < -0.39 is 75.6 Å². The fraction of sp³-hybridized carbons (Fsp3) is 0.351. The normalized spacial score (nSPS) is 28.5. The zero-order valence-electron chi connectivity index (χ0n) is 28.2. The summed E-state index contributed by atoms with van der Waals surface area (Å²) in [6.07, 6.45) is -0.725. The number of aromatic hydroxyl groups is 1. The van der Waals surface area contributed by atoms with Crippen LogP contribution in [0.1, 0.15) is 33.5 Å². The van der Waals surface area contributed by atoms with Crippen LogP contribution in [0.2, 0.25) is 5.02 Å². The van der Waals surface area contributed by atoms with Crippen LogP contribution < -0.4 is 27.3 Å². The second kappa shape index (κ2) is 12.7. The van der Waals surface area contributed by atoms with E-state index in [1.54, 1.807) is 24.3 Å². The van der Waals surface area contributed by atoms with E-state index in [1.807, 2.05) is 30.3 Å². The second-order valence-corrected chi connectivity index (χ2v) is 14.3. The zero-order chi connectivity index (χ0) is 37.2. The van der Waals surface area contributed by atoms with Crippen LogP contribution in [0.3, 0.4) is 0 Å². The summed E-state index contributed by atoms with van der Waals surface area (Å²) in [5.74, 6) is -9.78. The van der Waals surface area contributed by atoms with Gasteiger partial charge in [0.15, 0.2) is 34.5 Å². The summed E-state index contributed by atoms with van der Waals surface area (Å²) in [5.41, 5.74) is 15.6. The number of nitriles is 1. The molecule has 0 bridgehead atoms. The highest BCUT2D eigenvalue weighted by Gasteiger charge is 2.78. The Bertz CT molecular complexity index is 2080. The van der Waals surface area contributed by atoms with Crippen LogP contribution in [0.25, 0.3) is 11.1 Å². The lowest BCUT2D eigenvalue weighted by Gasteiger charge is -2.60. The molecule has 1 amide bonds. The van der Waals surface area contributed by atoms with Gasteiger partial charge in [-0.15, -0.1) is 0 Å². The topological polar surface area (TPSA) is 232 Å². The molecule has 13 nitrogen and oxygen atoms in total. The smallest absolute Gasteiger partial charge is 0.235 e. The van der Waals surface area contributed by atoms with Gasteiger partial charge in [-0.1, -0.05) is 35.9 Å². The van der Waals surface area contributed by atoms with Crippen LogP contribution in [0, 0.1) is 28.6 Å². The Kier molecular flexibility index (Phi) is 8.90. The van der Waals surface area contributed by atoms with E-state index in [1.165, 1.54) is 32.2 Å². The molecular weight excluding hydrogens is 676 g/mol. The third-order valence-corrected chi connectivity index (χ3v) is 10.8. The maximum absolute atomic E-state index is 14.6. The number of nitrogens with one attached hydrogen (secondary N) is 1. The third-order valence-electron chi connectivity index (χ3n) is 10.6. The molecule has 264 valence electrons. The van der Waals surface area contributed by atoms with Crippen LogP contribution >= 0.6 is 11.6 Å². The van der Waals surface area contributed by atoms with Crippen LogP contribution in [0.15, 0.2) is 54.6 Å². The Hall–Kier alpha value is -4.97. The molecule has 0 saturated heterocycles. The minimum absolute atomic E-state index is 0.203. The number of carbonyl (C=O) groups excluding carboxylic acids is 5. The van der Waals surface area contributed by atoms with Crippen LogP contribution in [-0.2, 0) is 38.7 Å². The van der Waals surface area contributed by atoms with Gasteiger partial charge in [0.1, 0.15) is 17.4 Å². The molecule has 0 aliphatic heterocycles. The lowest BCUT2D eigenvalue weighted by Crippen LogP contribution is -2.85. The Balaban J connectivity index is 1.46. The Labute approximate surface area is 298 Å². The maximum Gasteiger partial charge on any atom is 0.235 e. The molecule has 0 radical (unpaired) electrons. The first-order chi connectivity index (χ1) is 24.1. The number of hydrogen-bond donors (Lipinski definition) is 5. The number of benzene rings is 3. The average Bonchev–Trinajstić information content (AvgIpc) is 3.04. The minimum Gasteiger partial charge on any atom is -0.507 e. The molecule has 3 aliphatic carbocycles. The molecule has 8 N–H and O–H groups in total. The number of fused-ring (bicyclic) bond motifs is 3. The van der Waals surface area contributed by atoms with Crippen molar-refractivity contribution < 1.29 is 33.8 Å². The van der Waals surface area contributed by atoms with Crippen molar-refractivity contribution in [2.24, 2.45) is 34.5 Å². The number of nitrogens with zero attached hydrogens (tertiary/aromatic N) is 2. The van der Waals surface area contributed by atoms with Gasteiger partial charge in [0, 0.05) is 29.2 Å². The third kappa shape index (κ3) is 5.25. The summed E-state index contributed by atoms with van der Waals surface area (Å²) in [5, 5.41) is 25.7. The number of hydrogen-bond acceptors (Lipinski definition) is 12. The van der Waals surface area contributed by atoms with Crippen molar-refractivity contribution >= 4 is 40.6 Å². The number of nitrogens with two attached hydrogens (primary N) is 3. The van der Waals surface area contributed by atoms with Crippen molar-refractivity contribution in [2.45, 2.75) is 43.1 Å². The van der Waals surface area contributed by atoms with E-state index >= 15 is 0 Å². The van der Waals surface area contributed by atoms with Gasteiger partial charge in [-0.3, -0.25) is 28.9 Å². The Morgan fingerprint density at radius 1 is 1.04 bits per heavy atom. The Morgan fingerprint density at radius 3 is 2.33 bits per heavy atom. The Morgan fingerprint density at radius 2 is 1.73 bits per heavy atom. The number of ether oxygens (including phenoxy) is 1. The van der Waals surface area contributed by atoms with Crippen molar-refractivity contribution in [2.75, 3.05) is 21.2 Å². The first-order valence-corrected chi connectivity index (χ1v) is 16.5. The summed E-state index contributed by atoms with van der Waals surface area (Å²) < 4.78 is 5.70. The second-order valence-electron chi connectivity index (χ2n) is 13.9. The van der Waals surface area contributed by atoms with Gasteiger partial charge in [0.25, 0.3) is 0 Å². The molecule has 0 spiro atoms. The number of likely N-dealkylation sites (N-methyl/N-ethyl adjacent to an activating group) is 1. The SMILES string of the molecule is COc1ccc(CNCc2cccc(Cl)c2)cc1-c1ccc(O)c2c1C[C@@]1(N)C[C@@]3(N)[C@H](N(C)C)C(=O)C(C(N)=O)C(=O)[C@@]3(C#N)C(=O)C1C2=O. The number of Topliss-reactive ketones (excluding diaryl/α,β-unsaturated/α-hetero) is 4. The summed E-state index contributed by atoms with van der Waals surface area (Å²) >= 11 is 6.13. The van der Waals surface area contributed by atoms with Gasteiger partial charge in [-0.2, -0.15) is 5.26 Å². The number of carbonyl (C=O) groups is 5. The maximum atomic E-state index is 14.6. The predicted molar refractivity (Wildman–Crippen MR) is 185 cm³/mol. The van der Waals surface area contributed by atoms with Gasteiger partial charge < -0.3 is 32.4 Å². The summed E-state index contributed by atoms with van der Waals surface area (Å²) in [4.78, 5) is 70.6. The van der Waals surface area contributed by atoms with Crippen LogP contribution in [-0.4, -0.2) is 77.4 Å². The highest BCUT2D eigenvalue weighted by molar-refractivity contribution is 6.33. The number of phenolic OH excluding ortho intramolecular Hbond substituents is 1. The number of methoxy groups -OCH3 is 1. The number of ketones is 4. The van der Waals surface area contributed by atoms with Crippen molar-refractivity contribution in [3.05, 3.63) is 81.9 Å². The molecule has 3 aliphatic rings. The monoisotopic (exact) mass is 712 g/mol. The first-order valence-electron chi connectivity index (χ1n) is 16.1. The molecule has 51 heavy (non-hydrogen) atoms. The highest BCUT2D eigenvalue weighted by Crippen LogP contribution is 2.57. The molecular formula is C37H37ClN6O7. The van der Waals surface area contributed by atoms with E-state index in [9.17, 15) is 34.3 Å². The molecule has 2 unspecified atom stereocenters. The molecule has 2 fully saturated rings. The van der Waals surface area contributed by atoms with Gasteiger partial charge >= 0.3 is 0 Å². The lowest BCUT2D eigenvalue weighted by atomic mass is 9.42. The molecule has 3 aromatic carbocycles. The van der Waals surface area contributed by atoms with Crippen LogP contribution in [0.5, 0.6) is 11.5 Å². The highest BCUT2D eigenvalue weighted by atomic mass is 35.5. The predicted octanol–water partition coefficient (Wildman–Crippen LogP) is 1.43. The van der Waals surface area contributed by atoms with Crippen molar-refractivity contribution in [3.8, 4) is 28.7 Å². The number of primary amides is 1. The fourth-order valence-electron chi connectivity index (χ4n) is 8.53. The van der Waals surface area contributed by atoms with Crippen molar-refractivity contribution in [1.29, 1.82) is 5.26 Å². The molecule has 0 aromatic heterocycles. The van der Waals surface area contributed by atoms with E-state index in [2.05, 4.69) is 5.32 Å². The lowest BCUT2D eigenvalue weighted by molar-refractivity contribution is -0.166. The molecule has 2 saturated carbocycles. The molecule has 3 aromatic rings. The summed E-state index contributed by atoms with van der Waals surface area (Å²) in [7, 11) is 4.40. The zero-order valence-corrected chi connectivity index (χ0v) is 28.9. The number of halogens is 1. The quantitative estimate of drug-likeness (QED) is 0.209. The first kappa shape index (κ1) is 35.8. The number of amides is 1. The average molecular weight is 713 g/mol. The van der Waals surface area contributed by atoms with Crippen molar-refractivity contribution in [1.82, 2.24) is 10.2 Å². The van der Waals surface area contributed by atoms with E-state index in [0.29, 0.717) is 40.6 Å². The molecule has 14 heteroatoms. The van der Waals surface area contributed by atoms with E-state index in [4.69, 9.17) is 33.5 Å². The standard InChI is InChI=1S/C37H37ClN6O7/c1-44(2)31-30(47)27(34(40)50)32(48)36(17-39)33(49)28-29(46)26-23(13-35(28,41)16-37(31,36)42)21(8-9-24(26)45)22-12-19(7-10-25(22)51-3)15-43-14-18-5-4-6-20(38)11-18/h4-12,27-28,31,43,45H,13-16,41-42H2,1-3H3,(H2,40,50)/t27?,28?,31-,35-,36+,37-/m1/s1.